The van der Waals surface area contributed by atoms with Gasteiger partial charge >= 0.3 is 0 Å². The molecule has 3 saturated heterocycles. The van der Waals surface area contributed by atoms with Gasteiger partial charge in [-0.25, -0.2) is 4.98 Å². The summed E-state index contributed by atoms with van der Waals surface area (Å²) in [4.78, 5) is 21.7. The number of anilines is 1. The van der Waals surface area contributed by atoms with Gasteiger partial charge in [0.1, 0.15) is 5.82 Å². The van der Waals surface area contributed by atoms with E-state index in [-0.39, 0.29) is 5.91 Å². The van der Waals surface area contributed by atoms with Gasteiger partial charge in [0.25, 0.3) is 5.91 Å². The number of amides is 1. The lowest BCUT2D eigenvalue weighted by molar-refractivity contribution is 0.0607. The van der Waals surface area contributed by atoms with Crippen LogP contribution in [0.15, 0.2) is 18.3 Å². The van der Waals surface area contributed by atoms with E-state index in [9.17, 15) is 4.79 Å². The number of hydrogen-bond acceptors (Lipinski definition) is 4. The third-order valence-corrected chi connectivity index (χ3v) is 6.18. The molecule has 0 aliphatic carbocycles. The summed E-state index contributed by atoms with van der Waals surface area (Å²) in [5.74, 6) is 1.84. The van der Waals surface area contributed by atoms with Crippen molar-refractivity contribution in [1.29, 1.82) is 0 Å². The molecule has 0 saturated carbocycles. The maximum Gasteiger partial charge on any atom is 0.254 e. The van der Waals surface area contributed by atoms with Gasteiger partial charge in [0, 0.05) is 44.5 Å². The van der Waals surface area contributed by atoms with Gasteiger partial charge in [-0.05, 0) is 55.7 Å². The van der Waals surface area contributed by atoms with E-state index >= 15 is 0 Å². The molecule has 130 valence electrons. The van der Waals surface area contributed by atoms with E-state index in [1.807, 2.05) is 17.0 Å². The Morgan fingerprint density at radius 3 is 2.79 bits per heavy atom. The fourth-order valence-corrected chi connectivity index (χ4v) is 4.46. The van der Waals surface area contributed by atoms with E-state index in [1.54, 1.807) is 6.20 Å². The third kappa shape index (κ3) is 3.02. The number of carbonyl (C=O) groups is 1. The zero-order valence-corrected chi connectivity index (χ0v) is 14.6. The lowest BCUT2D eigenvalue weighted by atomic mass is 9.78. The highest BCUT2D eigenvalue weighted by atomic mass is 16.2. The maximum absolute atomic E-state index is 12.9. The number of rotatable bonds is 2. The average Bonchev–Trinajstić information content (AvgIpc) is 3.25. The number of aromatic nitrogens is 1. The van der Waals surface area contributed by atoms with Crippen molar-refractivity contribution >= 4 is 11.7 Å². The fourth-order valence-electron chi connectivity index (χ4n) is 4.46. The van der Waals surface area contributed by atoms with Crippen LogP contribution in [0.25, 0.3) is 0 Å². The number of nitrogens with zero attached hydrogens (tertiary/aromatic N) is 3. The number of hydrogen-bond donors (Lipinski definition) is 1. The highest BCUT2D eigenvalue weighted by Gasteiger charge is 2.38. The summed E-state index contributed by atoms with van der Waals surface area (Å²) >= 11 is 0. The molecule has 3 fully saturated rings. The van der Waals surface area contributed by atoms with Gasteiger partial charge in [0.15, 0.2) is 0 Å². The second-order valence-electron chi connectivity index (χ2n) is 7.96. The average molecular weight is 328 g/mol. The van der Waals surface area contributed by atoms with Crippen molar-refractivity contribution in [1.82, 2.24) is 15.2 Å². The Bertz CT molecular complexity index is 601. The van der Waals surface area contributed by atoms with Crippen molar-refractivity contribution in [2.75, 3.05) is 44.2 Å². The molecular weight excluding hydrogens is 300 g/mol. The van der Waals surface area contributed by atoms with Crippen molar-refractivity contribution in [2.45, 2.75) is 32.6 Å². The van der Waals surface area contributed by atoms with Gasteiger partial charge in [-0.2, -0.15) is 0 Å². The lowest BCUT2D eigenvalue weighted by Crippen LogP contribution is -2.44. The van der Waals surface area contributed by atoms with Crippen LogP contribution in [0.3, 0.4) is 0 Å². The Morgan fingerprint density at radius 1 is 1.29 bits per heavy atom. The minimum atomic E-state index is 0.173. The zero-order valence-electron chi connectivity index (χ0n) is 14.6. The first-order valence-electron chi connectivity index (χ1n) is 9.36. The van der Waals surface area contributed by atoms with Crippen LogP contribution in [0, 0.1) is 11.3 Å². The van der Waals surface area contributed by atoms with Crippen molar-refractivity contribution in [3.05, 3.63) is 23.9 Å². The Kier molecular flexibility index (Phi) is 4.21. The highest BCUT2D eigenvalue weighted by molar-refractivity contribution is 5.95. The monoisotopic (exact) mass is 328 g/mol. The molecule has 1 N–H and O–H groups in total. The lowest BCUT2D eigenvalue weighted by Gasteiger charge is -2.39. The number of likely N-dealkylation sites (tertiary alicyclic amines) is 1. The summed E-state index contributed by atoms with van der Waals surface area (Å²) in [6, 6.07) is 3.86. The molecule has 0 aromatic carbocycles. The Labute approximate surface area is 144 Å². The van der Waals surface area contributed by atoms with Crippen molar-refractivity contribution in [3.63, 3.8) is 0 Å². The molecule has 1 aromatic heterocycles. The Balaban J connectivity index is 1.43. The molecule has 1 amide bonds. The molecular formula is C19H28N4O. The molecule has 5 nitrogen and oxygen atoms in total. The fraction of sp³-hybridized carbons (Fsp3) is 0.684. The van der Waals surface area contributed by atoms with Crippen molar-refractivity contribution < 1.29 is 4.79 Å². The summed E-state index contributed by atoms with van der Waals surface area (Å²) < 4.78 is 0. The Morgan fingerprint density at radius 2 is 2.12 bits per heavy atom. The molecule has 5 heteroatoms. The molecule has 24 heavy (non-hydrogen) atoms. The van der Waals surface area contributed by atoms with Crippen molar-refractivity contribution in [2.24, 2.45) is 11.3 Å². The number of pyridine rings is 1. The predicted octanol–water partition coefficient (Wildman–Crippen LogP) is 2.14. The summed E-state index contributed by atoms with van der Waals surface area (Å²) in [7, 11) is 0. The molecule has 1 spiro atoms. The second-order valence-corrected chi connectivity index (χ2v) is 7.96. The molecule has 1 aromatic rings. The Hall–Kier alpha value is -1.62. The number of piperidine rings is 1. The topological polar surface area (TPSA) is 48.5 Å². The molecule has 4 heterocycles. The first-order valence-corrected chi connectivity index (χ1v) is 9.36. The zero-order chi connectivity index (χ0) is 16.6. The molecule has 1 atom stereocenters. The molecule has 1 unspecified atom stereocenters. The third-order valence-electron chi connectivity index (χ3n) is 6.18. The SMILES string of the molecule is CC1CCN(c2cc(C(=O)N3CCC4(CCNC4)CC3)ccn2)C1. The van der Waals surface area contributed by atoms with Crippen LogP contribution in [0.4, 0.5) is 5.82 Å². The van der Waals surface area contributed by atoms with E-state index < -0.39 is 0 Å². The summed E-state index contributed by atoms with van der Waals surface area (Å²) in [5.41, 5.74) is 1.24. The minimum Gasteiger partial charge on any atom is -0.356 e. The van der Waals surface area contributed by atoms with Gasteiger partial charge in [0.05, 0.1) is 0 Å². The predicted molar refractivity (Wildman–Crippen MR) is 95.3 cm³/mol. The summed E-state index contributed by atoms with van der Waals surface area (Å²) in [6.07, 6.45) is 6.53. The minimum absolute atomic E-state index is 0.173. The first-order chi connectivity index (χ1) is 11.7. The number of nitrogens with one attached hydrogen (secondary N) is 1. The van der Waals surface area contributed by atoms with E-state index in [0.717, 1.165) is 63.5 Å². The first kappa shape index (κ1) is 15.9. The summed E-state index contributed by atoms with van der Waals surface area (Å²) in [6.45, 7) is 8.40. The normalized spacial score (nSPS) is 26.3. The van der Waals surface area contributed by atoms with Crippen LogP contribution in [-0.2, 0) is 0 Å². The van der Waals surface area contributed by atoms with E-state index in [4.69, 9.17) is 0 Å². The standard InChI is InChI=1S/C19H28N4O/c1-15-3-9-23(13-15)17-12-16(2-7-21-17)18(24)22-10-5-19(6-11-22)4-8-20-14-19/h2,7,12,15,20H,3-6,8-11,13-14H2,1H3. The second kappa shape index (κ2) is 6.36. The molecule has 0 bridgehead atoms. The van der Waals surface area contributed by atoms with E-state index in [2.05, 4.69) is 22.1 Å². The largest absolute Gasteiger partial charge is 0.356 e. The molecule has 4 rings (SSSR count). The highest BCUT2D eigenvalue weighted by Crippen LogP contribution is 2.37. The van der Waals surface area contributed by atoms with Gasteiger partial charge in [-0.15, -0.1) is 0 Å². The van der Waals surface area contributed by atoms with Crippen LogP contribution >= 0.6 is 0 Å². The van der Waals surface area contributed by atoms with Gasteiger partial charge in [0.2, 0.25) is 0 Å². The van der Waals surface area contributed by atoms with Crippen molar-refractivity contribution in [3.8, 4) is 0 Å². The maximum atomic E-state index is 12.9. The molecule has 3 aliphatic heterocycles. The smallest absolute Gasteiger partial charge is 0.254 e. The van der Waals surface area contributed by atoms with Gasteiger partial charge in [-0.3, -0.25) is 4.79 Å². The van der Waals surface area contributed by atoms with Crippen LogP contribution in [0.1, 0.15) is 43.0 Å². The quantitative estimate of drug-likeness (QED) is 0.904. The number of carbonyl (C=O) groups excluding carboxylic acids is 1. The van der Waals surface area contributed by atoms with E-state index in [0.29, 0.717) is 11.3 Å². The van der Waals surface area contributed by atoms with Gasteiger partial charge in [-0.1, -0.05) is 6.92 Å². The van der Waals surface area contributed by atoms with E-state index in [1.165, 1.54) is 12.8 Å². The molecule has 3 aliphatic rings. The van der Waals surface area contributed by atoms with Crippen LogP contribution in [0.5, 0.6) is 0 Å². The van der Waals surface area contributed by atoms with Gasteiger partial charge < -0.3 is 15.1 Å². The molecule has 0 radical (unpaired) electrons. The van der Waals surface area contributed by atoms with Crippen LogP contribution < -0.4 is 10.2 Å². The van der Waals surface area contributed by atoms with Crippen LogP contribution in [0.2, 0.25) is 0 Å². The van der Waals surface area contributed by atoms with Crippen LogP contribution in [-0.4, -0.2) is 55.1 Å². The summed E-state index contributed by atoms with van der Waals surface area (Å²) in [5, 5.41) is 3.48.